The summed E-state index contributed by atoms with van der Waals surface area (Å²) in [5, 5.41) is 1.24. The second kappa shape index (κ2) is 3.73. The van der Waals surface area contributed by atoms with Crippen molar-refractivity contribution < 1.29 is 0 Å². The monoisotopic (exact) mass is 364 g/mol. The van der Waals surface area contributed by atoms with Crippen molar-refractivity contribution in [2.75, 3.05) is 19.0 Å². The first-order valence-corrected chi connectivity index (χ1v) is 6.11. The molecule has 14 heavy (non-hydrogen) atoms. The van der Waals surface area contributed by atoms with Crippen LogP contribution in [0.25, 0.3) is 10.9 Å². The molecule has 2 rings (SSSR count). The van der Waals surface area contributed by atoms with Gasteiger partial charge in [-0.05, 0) is 40.8 Å². The SMILES string of the molecule is CN(C)c1ccc(Br)c2cc(I)[nH]c12. The van der Waals surface area contributed by atoms with Crippen LogP contribution in [-0.2, 0) is 0 Å². The van der Waals surface area contributed by atoms with Gasteiger partial charge in [-0.1, -0.05) is 15.9 Å². The van der Waals surface area contributed by atoms with Crippen LogP contribution in [0, 0.1) is 3.70 Å². The molecule has 0 saturated carbocycles. The van der Waals surface area contributed by atoms with Gasteiger partial charge in [0.2, 0.25) is 0 Å². The zero-order valence-electron chi connectivity index (χ0n) is 7.94. The first-order chi connectivity index (χ1) is 6.59. The number of rotatable bonds is 1. The Balaban J connectivity index is 2.81. The molecule has 0 fully saturated rings. The van der Waals surface area contributed by atoms with Gasteiger partial charge in [0.1, 0.15) is 0 Å². The van der Waals surface area contributed by atoms with E-state index < -0.39 is 0 Å². The average molecular weight is 365 g/mol. The summed E-state index contributed by atoms with van der Waals surface area (Å²) in [5.41, 5.74) is 2.40. The molecule has 1 heterocycles. The van der Waals surface area contributed by atoms with E-state index in [2.05, 4.69) is 80.7 Å². The molecule has 0 amide bonds. The number of benzene rings is 1. The van der Waals surface area contributed by atoms with E-state index in [0.717, 1.165) is 8.17 Å². The summed E-state index contributed by atoms with van der Waals surface area (Å²) in [5.74, 6) is 0. The van der Waals surface area contributed by atoms with Gasteiger partial charge < -0.3 is 9.88 Å². The minimum atomic E-state index is 1.14. The fourth-order valence-corrected chi connectivity index (χ4v) is 2.54. The lowest BCUT2D eigenvalue weighted by molar-refractivity contribution is 1.14. The number of hydrogen-bond donors (Lipinski definition) is 1. The molecule has 4 heteroatoms. The predicted molar refractivity (Wildman–Crippen MR) is 73.0 cm³/mol. The molecule has 0 spiro atoms. The molecule has 0 aliphatic rings. The summed E-state index contributed by atoms with van der Waals surface area (Å²) in [4.78, 5) is 5.48. The summed E-state index contributed by atoms with van der Waals surface area (Å²) >= 11 is 5.85. The van der Waals surface area contributed by atoms with Gasteiger partial charge >= 0.3 is 0 Å². The van der Waals surface area contributed by atoms with E-state index in [0.29, 0.717) is 0 Å². The highest BCUT2D eigenvalue weighted by atomic mass is 127. The number of nitrogens with one attached hydrogen (secondary N) is 1. The van der Waals surface area contributed by atoms with Gasteiger partial charge in [-0.25, -0.2) is 0 Å². The van der Waals surface area contributed by atoms with Crippen LogP contribution in [0.3, 0.4) is 0 Å². The second-order valence-electron chi connectivity index (χ2n) is 3.37. The standard InChI is InChI=1S/C10H10BrIN2/c1-14(2)8-4-3-7(11)6-5-9(12)13-10(6)8/h3-5,13H,1-2H3. The molecular formula is C10H10BrIN2. The fourth-order valence-electron chi connectivity index (χ4n) is 1.51. The van der Waals surface area contributed by atoms with Crippen LogP contribution in [0.2, 0.25) is 0 Å². The zero-order valence-corrected chi connectivity index (χ0v) is 11.7. The van der Waals surface area contributed by atoms with Crippen LogP contribution in [-0.4, -0.2) is 19.1 Å². The third kappa shape index (κ3) is 1.65. The van der Waals surface area contributed by atoms with E-state index in [9.17, 15) is 0 Å². The summed E-state index contributed by atoms with van der Waals surface area (Å²) < 4.78 is 2.30. The van der Waals surface area contributed by atoms with Crippen molar-refractivity contribution in [3.63, 3.8) is 0 Å². The number of nitrogens with zero attached hydrogens (tertiary/aromatic N) is 1. The quantitative estimate of drug-likeness (QED) is 0.766. The van der Waals surface area contributed by atoms with Gasteiger partial charge in [0, 0.05) is 24.0 Å². The maximum atomic E-state index is 3.55. The first kappa shape index (κ1) is 10.3. The topological polar surface area (TPSA) is 19.0 Å². The second-order valence-corrected chi connectivity index (χ2v) is 5.38. The number of fused-ring (bicyclic) bond motifs is 1. The molecule has 2 nitrogen and oxygen atoms in total. The molecule has 1 aromatic heterocycles. The van der Waals surface area contributed by atoms with Crippen molar-refractivity contribution in [2.45, 2.75) is 0 Å². The van der Waals surface area contributed by atoms with E-state index in [1.54, 1.807) is 0 Å². The third-order valence-electron chi connectivity index (χ3n) is 2.17. The molecular weight excluding hydrogens is 355 g/mol. The molecule has 0 aliphatic carbocycles. The molecule has 1 N–H and O–H groups in total. The highest BCUT2D eigenvalue weighted by Gasteiger charge is 2.08. The van der Waals surface area contributed by atoms with Crippen molar-refractivity contribution >= 4 is 55.1 Å². The normalized spacial score (nSPS) is 10.9. The van der Waals surface area contributed by atoms with E-state index >= 15 is 0 Å². The first-order valence-electron chi connectivity index (χ1n) is 4.23. The zero-order chi connectivity index (χ0) is 10.3. The molecule has 0 unspecified atom stereocenters. The Bertz CT molecular complexity index is 476. The summed E-state index contributed by atoms with van der Waals surface area (Å²) in [6, 6.07) is 6.34. The largest absolute Gasteiger partial charge is 0.376 e. The van der Waals surface area contributed by atoms with Crippen molar-refractivity contribution in [3.05, 3.63) is 26.4 Å². The molecule has 1 aromatic carbocycles. The van der Waals surface area contributed by atoms with E-state index in [1.165, 1.54) is 16.6 Å². The molecule has 0 bridgehead atoms. The van der Waals surface area contributed by atoms with E-state index in [-0.39, 0.29) is 0 Å². The van der Waals surface area contributed by atoms with Gasteiger partial charge in [-0.3, -0.25) is 0 Å². The predicted octanol–water partition coefficient (Wildman–Crippen LogP) is 3.60. The summed E-state index contributed by atoms with van der Waals surface area (Å²) in [7, 11) is 4.10. The fraction of sp³-hybridized carbons (Fsp3) is 0.200. The Morgan fingerprint density at radius 1 is 1.36 bits per heavy atom. The maximum absolute atomic E-state index is 3.55. The van der Waals surface area contributed by atoms with Gasteiger partial charge in [0.25, 0.3) is 0 Å². The lowest BCUT2D eigenvalue weighted by Crippen LogP contribution is -2.08. The smallest absolute Gasteiger partial charge is 0.0783 e. The highest BCUT2D eigenvalue weighted by Crippen LogP contribution is 2.32. The molecule has 0 radical (unpaired) electrons. The van der Waals surface area contributed by atoms with Crippen molar-refractivity contribution in [1.29, 1.82) is 0 Å². The number of anilines is 1. The molecule has 74 valence electrons. The van der Waals surface area contributed by atoms with E-state index in [4.69, 9.17) is 0 Å². The lowest BCUT2D eigenvalue weighted by atomic mass is 10.2. The molecule has 0 saturated heterocycles. The van der Waals surface area contributed by atoms with Gasteiger partial charge in [-0.2, -0.15) is 0 Å². The Morgan fingerprint density at radius 2 is 2.07 bits per heavy atom. The lowest BCUT2D eigenvalue weighted by Gasteiger charge is -2.13. The number of H-pyrrole nitrogens is 1. The minimum Gasteiger partial charge on any atom is -0.376 e. The Kier molecular flexibility index (Phi) is 2.74. The number of aromatic amines is 1. The Hall–Kier alpha value is -0.230. The van der Waals surface area contributed by atoms with Crippen molar-refractivity contribution in [1.82, 2.24) is 4.98 Å². The average Bonchev–Trinajstić information content (AvgIpc) is 2.47. The number of aromatic nitrogens is 1. The van der Waals surface area contributed by atoms with Crippen LogP contribution < -0.4 is 4.90 Å². The van der Waals surface area contributed by atoms with Crippen LogP contribution in [0.4, 0.5) is 5.69 Å². The molecule has 0 atom stereocenters. The van der Waals surface area contributed by atoms with Crippen molar-refractivity contribution in [3.8, 4) is 0 Å². The van der Waals surface area contributed by atoms with Gasteiger partial charge in [-0.15, -0.1) is 0 Å². The van der Waals surface area contributed by atoms with Crippen LogP contribution in [0.5, 0.6) is 0 Å². The maximum Gasteiger partial charge on any atom is 0.0783 e. The third-order valence-corrected chi connectivity index (χ3v) is 3.44. The Morgan fingerprint density at radius 3 is 2.71 bits per heavy atom. The highest BCUT2D eigenvalue weighted by molar-refractivity contribution is 14.1. The number of halogens is 2. The van der Waals surface area contributed by atoms with Crippen LogP contribution >= 0.6 is 38.5 Å². The van der Waals surface area contributed by atoms with Gasteiger partial charge in [0.05, 0.1) is 14.9 Å². The summed E-state index contributed by atoms with van der Waals surface area (Å²) in [6.45, 7) is 0. The summed E-state index contributed by atoms with van der Waals surface area (Å²) in [6.07, 6.45) is 0. The van der Waals surface area contributed by atoms with E-state index in [1.807, 2.05) is 0 Å². The van der Waals surface area contributed by atoms with Gasteiger partial charge in [0.15, 0.2) is 0 Å². The van der Waals surface area contributed by atoms with Crippen LogP contribution in [0.15, 0.2) is 22.7 Å². The minimum absolute atomic E-state index is 1.14. The Labute approximate surface area is 105 Å². The van der Waals surface area contributed by atoms with Crippen molar-refractivity contribution in [2.24, 2.45) is 0 Å². The molecule has 2 aromatic rings. The van der Waals surface area contributed by atoms with Crippen LogP contribution in [0.1, 0.15) is 0 Å². The molecule has 0 aliphatic heterocycles. The number of hydrogen-bond acceptors (Lipinski definition) is 1.